The number of aliphatic hydroxyl groups excluding tert-OH is 2. The van der Waals surface area contributed by atoms with Gasteiger partial charge >= 0.3 is 23.9 Å². The first-order valence-electron chi connectivity index (χ1n) is 21.9. The van der Waals surface area contributed by atoms with Crippen LogP contribution in [0.4, 0.5) is 0 Å². The van der Waals surface area contributed by atoms with Crippen LogP contribution in [0, 0.1) is 0 Å². The SMILES string of the molecule is O=C1OC[C@@H](O)[C@H]([C@@H]2OC(=O)c3cc(O)c(O)c(O)c3-c3c(O)c(O)c(O)c4c3C(=O)O[C@H]2[C@H]4c2c(O)cc(O)c3c2O[C@H](c2ccc(O)c(O)c2)[C@H](O)C3)OC(=O)c2cc(O)c(O)c(O)c2-c2c1cc(O)c(O)c2O. The van der Waals surface area contributed by atoms with Gasteiger partial charge in [-0.15, -0.1) is 0 Å². The predicted molar refractivity (Wildman–Crippen MR) is 242 cm³/mol. The van der Waals surface area contributed by atoms with E-state index >= 15 is 0 Å². The fourth-order valence-corrected chi connectivity index (χ4v) is 9.89. The second-order valence-corrected chi connectivity index (χ2v) is 17.7. The van der Waals surface area contributed by atoms with Crippen molar-refractivity contribution in [3.05, 3.63) is 87.0 Å². The van der Waals surface area contributed by atoms with Crippen molar-refractivity contribution in [1.29, 1.82) is 0 Å². The van der Waals surface area contributed by atoms with Gasteiger partial charge in [0.2, 0.25) is 23.0 Å². The molecule has 6 aromatic carbocycles. The largest absolute Gasteiger partial charge is 0.507 e. The number of rotatable bonds is 3. The normalized spacial score (nSPS) is 21.7. The summed E-state index contributed by atoms with van der Waals surface area (Å²) in [6, 6.07) is 5.02. The van der Waals surface area contributed by atoms with Gasteiger partial charge in [-0.2, -0.15) is 0 Å². The molecule has 394 valence electrons. The molecule has 6 aromatic rings. The number of aromatic hydroxyl groups is 16. The van der Waals surface area contributed by atoms with Crippen LogP contribution in [0.1, 0.15) is 75.7 Å². The van der Waals surface area contributed by atoms with Crippen LogP contribution >= 0.6 is 0 Å². The van der Waals surface area contributed by atoms with Crippen molar-refractivity contribution < 1.29 is 135 Å². The topological polar surface area (TPSA) is 479 Å². The average molecular weight is 1060 g/mol. The summed E-state index contributed by atoms with van der Waals surface area (Å²) in [6.45, 7) is -1.44. The number of benzene rings is 6. The third kappa shape index (κ3) is 7.11. The number of aliphatic hydroxyl groups is 2. The fraction of sp³-hybridized carbons (Fsp3) is 0.184. The van der Waals surface area contributed by atoms with Gasteiger partial charge in [0.1, 0.15) is 36.1 Å². The smallest absolute Gasteiger partial charge is 0.339 e. The number of fused-ring (bicyclic) bond motifs is 8. The molecule has 7 atom stereocenters. The van der Waals surface area contributed by atoms with E-state index in [0.717, 1.165) is 12.1 Å². The molecule has 0 unspecified atom stereocenters. The number of cyclic esters (lactones) is 3. The molecule has 0 aromatic heterocycles. The number of carbonyl (C=O) groups excluding carboxylic acids is 4. The number of phenolic OH excluding ortho intramolecular Hbond substituents is 16. The third-order valence-electron chi connectivity index (χ3n) is 13.4. The summed E-state index contributed by atoms with van der Waals surface area (Å²) in [6.07, 6.45) is -14.6. The van der Waals surface area contributed by atoms with Crippen molar-refractivity contribution in [2.75, 3.05) is 6.61 Å². The summed E-state index contributed by atoms with van der Waals surface area (Å²) < 4.78 is 29.1. The molecular weight excluding hydrogens is 1020 g/mol. The van der Waals surface area contributed by atoms with Crippen LogP contribution in [0.3, 0.4) is 0 Å². The molecule has 10 rings (SSSR count). The van der Waals surface area contributed by atoms with Crippen LogP contribution < -0.4 is 4.74 Å². The first-order valence-corrected chi connectivity index (χ1v) is 21.9. The van der Waals surface area contributed by atoms with E-state index in [-0.39, 0.29) is 11.1 Å². The summed E-state index contributed by atoms with van der Waals surface area (Å²) in [5, 5.41) is 200. The molecule has 4 heterocycles. The standard InChI is InChI=1S/C49H36O27/c50-15-2-1-10(3-17(15)52)41-22(57)4-11-16(51)8-18(53)27(42(11)73-41)30-29-31-28(38(65)40(67)39(29)66)26-14(7-21(56)34(61)37(26)64)48(70)76-45(44(30)75-49(31)71)43-23(58)9-72-46(68)12-5-19(54)32(59)35(62)24(12)25-13(47(69)74-43)6-20(55)33(60)36(25)63/h1-3,5-8,22-23,30,41,43-45,50-67H,4,9H2/t22-,23-,30+,41-,43-,44+,45+/m1/s1. The number of phenols is 16. The van der Waals surface area contributed by atoms with Gasteiger partial charge in [0, 0.05) is 51.4 Å². The van der Waals surface area contributed by atoms with Gasteiger partial charge in [0.05, 0.1) is 34.3 Å². The van der Waals surface area contributed by atoms with Crippen LogP contribution in [0.25, 0.3) is 22.3 Å². The van der Waals surface area contributed by atoms with E-state index in [1.165, 1.54) is 6.07 Å². The minimum absolute atomic E-state index is 0.0770. The lowest BCUT2D eigenvalue weighted by atomic mass is 9.73. The Morgan fingerprint density at radius 1 is 0.382 bits per heavy atom. The number of hydrogen-bond donors (Lipinski definition) is 18. The summed E-state index contributed by atoms with van der Waals surface area (Å²) >= 11 is 0. The van der Waals surface area contributed by atoms with E-state index < -0.39 is 233 Å². The Bertz CT molecular complexity index is 3600. The second-order valence-electron chi connectivity index (χ2n) is 17.7. The van der Waals surface area contributed by atoms with Gasteiger partial charge in [-0.3, -0.25) is 0 Å². The Labute approximate surface area is 420 Å². The molecule has 0 aliphatic carbocycles. The van der Waals surface area contributed by atoms with Crippen molar-refractivity contribution in [1.82, 2.24) is 0 Å². The van der Waals surface area contributed by atoms with Gasteiger partial charge in [-0.25, -0.2) is 19.2 Å². The maximum Gasteiger partial charge on any atom is 0.339 e. The molecule has 0 spiro atoms. The van der Waals surface area contributed by atoms with Crippen molar-refractivity contribution in [3.63, 3.8) is 0 Å². The van der Waals surface area contributed by atoms with E-state index in [2.05, 4.69) is 0 Å². The highest BCUT2D eigenvalue weighted by molar-refractivity contribution is 6.11. The lowest BCUT2D eigenvalue weighted by Gasteiger charge is -2.43. The molecular formula is C49H36O27. The third-order valence-corrected chi connectivity index (χ3v) is 13.4. The molecule has 27 heteroatoms. The average Bonchev–Trinajstić information content (AvgIpc) is 3.46. The molecule has 2 bridgehead atoms. The van der Waals surface area contributed by atoms with E-state index in [0.29, 0.717) is 24.3 Å². The van der Waals surface area contributed by atoms with Gasteiger partial charge in [-0.1, -0.05) is 6.07 Å². The quantitative estimate of drug-likeness (QED) is 0.0687. The predicted octanol–water partition coefficient (Wildman–Crippen LogP) is 2.31. The van der Waals surface area contributed by atoms with Crippen molar-refractivity contribution in [2.24, 2.45) is 0 Å². The van der Waals surface area contributed by atoms with Crippen molar-refractivity contribution >= 4 is 23.9 Å². The maximum absolute atomic E-state index is 14.8. The Morgan fingerprint density at radius 3 is 1.43 bits per heavy atom. The Balaban J connectivity index is 1.28. The Morgan fingerprint density at radius 2 is 0.882 bits per heavy atom. The van der Waals surface area contributed by atoms with Crippen LogP contribution in [-0.4, -0.2) is 153 Å². The summed E-state index contributed by atoms with van der Waals surface area (Å²) in [5.41, 5.74) is -11.2. The van der Waals surface area contributed by atoms with Crippen molar-refractivity contribution in [2.45, 2.75) is 49.0 Å². The number of carbonyl (C=O) groups is 4. The molecule has 0 saturated heterocycles. The van der Waals surface area contributed by atoms with Gasteiger partial charge in [0.25, 0.3) is 0 Å². The first-order chi connectivity index (χ1) is 35.8. The number of ether oxygens (including phenoxy) is 5. The number of hydrogen-bond acceptors (Lipinski definition) is 27. The minimum atomic E-state index is -2.77. The fourth-order valence-electron chi connectivity index (χ4n) is 9.89. The molecule has 4 aliphatic rings. The summed E-state index contributed by atoms with van der Waals surface area (Å²) in [7, 11) is 0. The second kappa shape index (κ2) is 17.2. The first kappa shape index (κ1) is 49.3. The lowest BCUT2D eigenvalue weighted by molar-refractivity contribution is -0.133. The minimum Gasteiger partial charge on any atom is -0.507 e. The molecule has 0 amide bonds. The maximum atomic E-state index is 14.8. The molecule has 0 fully saturated rings. The van der Waals surface area contributed by atoms with E-state index in [9.17, 15) is 111 Å². The van der Waals surface area contributed by atoms with E-state index in [4.69, 9.17) is 23.7 Å². The molecule has 76 heavy (non-hydrogen) atoms. The highest BCUT2D eigenvalue weighted by atomic mass is 16.6. The highest BCUT2D eigenvalue weighted by Crippen LogP contribution is 2.62. The highest BCUT2D eigenvalue weighted by Gasteiger charge is 2.56. The van der Waals surface area contributed by atoms with Gasteiger partial charge in [-0.05, 0) is 35.9 Å². The molecule has 0 radical (unpaired) electrons. The Hall–Kier alpha value is -10.3. The zero-order chi connectivity index (χ0) is 55.0. The lowest BCUT2D eigenvalue weighted by Crippen LogP contribution is -2.55. The van der Waals surface area contributed by atoms with Gasteiger partial charge < -0.3 is 116 Å². The Kier molecular flexibility index (Phi) is 11.1. The van der Waals surface area contributed by atoms with Crippen LogP contribution in [-0.2, 0) is 25.4 Å². The zero-order valence-electron chi connectivity index (χ0n) is 37.7. The van der Waals surface area contributed by atoms with Gasteiger partial charge in [0.15, 0.2) is 75.8 Å². The summed E-state index contributed by atoms with van der Waals surface area (Å²) in [5.74, 6) is -30.6. The van der Waals surface area contributed by atoms with E-state index in [1.807, 2.05) is 0 Å². The summed E-state index contributed by atoms with van der Waals surface area (Å²) in [4.78, 5) is 58.3. The monoisotopic (exact) mass is 1060 g/mol. The molecule has 18 N–H and O–H groups in total. The zero-order valence-corrected chi connectivity index (χ0v) is 37.7. The van der Waals surface area contributed by atoms with E-state index in [1.54, 1.807) is 0 Å². The van der Waals surface area contributed by atoms with Crippen molar-refractivity contribution in [3.8, 4) is 120 Å². The number of esters is 4. The van der Waals surface area contributed by atoms with Crippen LogP contribution in [0.2, 0.25) is 0 Å². The van der Waals surface area contributed by atoms with Crippen LogP contribution in [0.5, 0.6) is 97.7 Å². The molecule has 0 saturated carbocycles. The van der Waals surface area contributed by atoms with Crippen LogP contribution in [0.15, 0.2) is 42.5 Å². The molecule has 4 aliphatic heterocycles. The molecule has 27 nitrogen and oxygen atoms in total.